The summed E-state index contributed by atoms with van der Waals surface area (Å²) < 4.78 is 11.5. The first-order chi connectivity index (χ1) is 28.0. The van der Waals surface area contributed by atoms with Gasteiger partial charge >= 0.3 is 5.97 Å². The van der Waals surface area contributed by atoms with Gasteiger partial charge < -0.3 is 31.5 Å². The van der Waals surface area contributed by atoms with E-state index in [2.05, 4.69) is 106 Å². The van der Waals surface area contributed by atoms with E-state index in [1.54, 1.807) is 40.9 Å². The Morgan fingerprint density at radius 2 is 1.58 bits per heavy atom. The summed E-state index contributed by atoms with van der Waals surface area (Å²) in [5.74, 6) is -1.28. The number of hydroxylamine groups is 2. The van der Waals surface area contributed by atoms with Crippen molar-refractivity contribution in [1.29, 1.82) is 0 Å². The maximum atomic E-state index is 14.5. The van der Waals surface area contributed by atoms with Gasteiger partial charge in [0, 0.05) is 72.9 Å². The molecule has 0 atom stereocenters. The molecule has 13 nitrogen and oxygen atoms in total. The number of anilines is 1. The van der Waals surface area contributed by atoms with Crippen LogP contribution in [-0.4, -0.2) is 81.9 Å². The predicted molar refractivity (Wildman–Crippen MR) is 229 cm³/mol. The van der Waals surface area contributed by atoms with Crippen molar-refractivity contribution >= 4 is 62.9 Å². The molecule has 7 rings (SSSR count). The number of aromatic nitrogens is 3. The molecule has 0 N–H and O–H groups in total. The molecule has 3 aliphatic rings. The smallest absolute Gasteiger partial charge is 0.363 e. The Balaban J connectivity index is 0.00000585. The zero-order valence-corrected chi connectivity index (χ0v) is 36.5. The second-order valence-corrected chi connectivity index (χ2v) is 15.1. The van der Waals surface area contributed by atoms with Crippen molar-refractivity contribution in [2.75, 3.05) is 38.1 Å². The summed E-state index contributed by atoms with van der Waals surface area (Å²) in [7, 11) is 1.76. The Hall–Kier alpha value is -5.61. The number of imide groups is 1. The molecule has 0 spiro atoms. The van der Waals surface area contributed by atoms with Crippen LogP contribution >= 0.6 is 22.6 Å². The highest BCUT2D eigenvalue weighted by molar-refractivity contribution is 14.1. The first-order valence-electron chi connectivity index (χ1n) is 19.5. The predicted octanol–water partition coefficient (Wildman–Crippen LogP) is 3.60. The summed E-state index contributed by atoms with van der Waals surface area (Å²) in [5, 5.41) is 11.3. The molecule has 0 radical (unpaired) electrons. The largest absolute Gasteiger partial charge is 1.00 e. The first-order valence-corrected chi connectivity index (χ1v) is 20.6. The van der Waals surface area contributed by atoms with Gasteiger partial charge in [-0.2, -0.15) is 0 Å². The number of halogens is 2. The van der Waals surface area contributed by atoms with E-state index < -0.39 is 17.8 Å². The van der Waals surface area contributed by atoms with Crippen LogP contribution in [0, 0.1) is 3.70 Å². The monoisotopic (exact) mass is 929 g/mol. The summed E-state index contributed by atoms with van der Waals surface area (Å²) in [6, 6.07) is 27.0. The minimum absolute atomic E-state index is 0. The summed E-state index contributed by atoms with van der Waals surface area (Å²) in [4.78, 5) is 59.7. The van der Waals surface area contributed by atoms with Crippen molar-refractivity contribution in [3.8, 4) is 22.5 Å². The van der Waals surface area contributed by atoms with E-state index >= 15 is 0 Å². The summed E-state index contributed by atoms with van der Waals surface area (Å²) in [6.45, 7) is 12.6. The maximum absolute atomic E-state index is 14.5. The second kappa shape index (κ2) is 18.5. The van der Waals surface area contributed by atoms with Crippen LogP contribution in [0.5, 0.6) is 0 Å². The average Bonchev–Trinajstić information content (AvgIpc) is 3.75. The number of benzene rings is 4. The molecule has 1 saturated heterocycles. The van der Waals surface area contributed by atoms with Crippen molar-refractivity contribution in [3.63, 3.8) is 0 Å². The van der Waals surface area contributed by atoms with E-state index in [0.717, 1.165) is 79.9 Å². The third kappa shape index (κ3) is 8.74. The number of hydrogen-bond acceptors (Lipinski definition) is 9. The molecule has 59 heavy (non-hydrogen) atoms. The molecule has 0 unspecified atom stereocenters. The molecular formula is C44H45ClIN7O6. The van der Waals surface area contributed by atoms with Crippen LogP contribution in [0.3, 0.4) is 0 Å². The number of fused-ring (bicyclic) bond motifs is 2. The molecule has 0 saturated carbocycles. The summed E-state index contributed by atoms with van der Waals surface area (Å²) in [5.41, 5.74) is 6.70. The number of nitrogens with zero attached hydrogens (tertiary/aromatic N) is 7. The van der Waals surface area contributed by atoms with Gasteiger partial charge in [0.1, 0.15) is 33.8 Å². The number of rotatable bonds is 13. The third-order valence-electron chi connectivity index (χ3n) is 10.5. The molecule has 1 fully saturated rings. The van der Waals surface area contributed by atoms with Crippen LogP contribution in [0.2, 0.25) is 0 Å². The molecule has 0 bridgehead atoms. The minimum atomic E-state index is -0.792. The average molecular weight is 930 g/mol. The standard InChI is InChI=1S/C44H45IN7O6.ClH/c1-6-49(7-2)30-18-20-34-37(24-30)57-38-25-31(50(8-3)9-4)19-21-35(38)41(34)32-12-10-11-13-33(32)43(55)48(5)27-36-42(45)51(47-46-36)26-28-14-16-29(17-15-28)44(56)58-52-39(53)22-23-40(52)54;/h10-21,24-25H,6-9,22-23,26-27H2,1-5H3;1H/q+1;/p-1. The first kappa shape index (κ1) is 43.0. The van der Waals surface area contributed by atoms with Gasteiger partial charge in [-0.1, -0.05) is 35.5 Å². The quantitative estimate of drug-likeness (QED) is 0.0738. The maximum Gasteiger partial charge on any atom is 0.363 e. The van der Waals surface area contributed by atoms with Gasteiger partial charge in [0.25, 0.3) is 17.7 Å². The molecule has 2 aliphatic heterocycles. The van der Waals surface area contributed by atoms with Crippen molar-refractivity contribution in [2.45, 2.75) is 53.6 Å². The number of carbonyl (C=O) groups is 4. The lowest BCUT2D eigenvalue weighted by atomic mass is 9.90. The van der Waals surface area contributed by atoms with Gasteiger partial charge in [0.2, 0.25) is 5.36 Å². The van der Waals surface area contributed by atoms with Crippen molar-refractivity contribution in [3.05, 3.63) is 116 Å². The van der Waals surface area contributed by atoms with Gasteiger partial charge in [-0.25, -0.2) is 14.1 Å². The molecule has 4 aromatic rings. The lowest BCUT2D eigenvalue weighted by Crippen LogP contribution is -3.00. The SMILES string of the molecule is CCN(CC)c1ccc2c(-c3ccccc3C(=O)N(C)Cc3nnn(Cc4ccc(C(=O)ON5C(=O)CCC5=O)cc4)c3I)c3ccc(=[N+](CC)CC)cc-3oc2c1.[Cl-]. The summed E-state index contributed by atoms with van der Waals surface area (Å²) in [6.07, 6.45) is 0.0492. The van der Waals surface area contributed by atoms with E-state index in [4.69, 9.17) is 9.25 Å². The van der Waals surface area contributed by atoms with E-state index in [9.17, 15) is 19.2 Å². The number of amides is 3. The highest BCUT2D eigenvalue weighted by Gasteiger charge is 2.33. The second-order valence-electron chi connectivity index (χ2n) is 14.0. The highest BCUT2D eigenvalue weighted by Crippen LogP contribution is 2.42. The minimum Gasteiger partial charge on any atom is -1.00 e. The van der Waals surface area contributed by atoms with Gasteiger partial charge in [-0.15, -0.1) is 10.2 Å². The Kier molecular flexibility index (Phi) is 13.5. The van der Waals surface area contributed by atoms with Crippen LogP contribution in [0.15, 0.2) is 89.3 Å². The molecule has 1 aromatic heterocycles. The van der Waals surface area contributed by atoms with Crippen LogP contribution in [0.25, 0.3) is 33.4 Å². The molecule has 3 aromatic carbocycles. The van der Waals surface area contributed by atoms with E-state index in [1.807, 2.05) is 24.3 Å². The zero-order chi connectivity index (χ0) is 41.1. The van der Waals surface area contributed by atoms with Gasteiger partial charge in [0.15, 0.2) is 0 Å². The van der Waals surface area contributed by atoms with E-state index in [1.165, 1.54) is 0 Å². The fourth-order valence-corrected chi connectivity index (χ4v) is 7.91. The Labute approximate surface area is 362 Å². The fraction of sp³-hybridized carbons (Fsp3) is 0.295. The molecule has 306 valence electrons. The molecular weight excluding hydrogens is 885 g/mol. The summed E-state index contributed by atoms with van der Waals surface area (Å²) >= 11 is 2.18. The van der Waals surface area contributed by atoms with Gasteiger partial charge in [0.05, 0.1) is 24.7 Å². The molecule has 3 amide bonds. The van der Waals surface area contributed by atoms with Gasteiger partial charge in [-0.05, 0) is 97.8 Å². The number of carbonyl (C=O) groups excluding carboxylic acids is 4. The van der Waals surface area contributed by atoms with Crippen molar-refractivity contribution in [1.82, 2.24) is 29.5 Å². The fourth-order valence-electron chi connectivity index (χ4n) is 7.37. The van der Waals surface area contributed by atoms with Gasteiger partial charge in [-0.3, -0.25) is 14.4 Å². The molecule has 15 heteroatoms. The van der Waals surface area contributed by atoms with E-state index in [0.29, 0.717) is 22.9 Å². The van der Waals surface area contributed by atoms with Crippen molar-refractivity contribution in [2.24, 2.45) is 0 Å². The van der Waals surface area contributed by atoms with Crippen LogP contribution in [0.4, 0.5) is 5.69 Å². The highest BCUT2D eigenvalue weighted by atomic mass is 127. The third-order valence-corrected chi connectivity index (χ3v) is 11.7. The molecule has 3 heterocycles. The zero-order valence-electron chi connectivity index (χ0n) is 33.6. The molecule has 1 aliphatic carbocycles. The van der Waals surface area contributed by atoms with E-state index in [-0.39, 0.29) is 43.3 Å². The van der Waals surface area contributed by atoms with Crippen molar-refractivity contribution < 1.29 is 40.8 Å². The van der Waals surface area contributed by atoms with Crippen LogP contribution < -0.4 is 27.2 Å². The van der Waals surface area contributed by atoms with Crippen LogP contribution in [-0.2, 0) is 27.5 Å². The topological polar surface area (TPSA) is 134 Å². The normalized spacial score (nSPS) is 12.5. The Morgan fingerprint density at radius 3 is 2.25 bits per heavy atom. The lowest BCUT2D eigenvalue weighted by molar-refractivity contribution is -0.172. The lowest BCUT2D eigenvalue weighted by Gasteiger charge is -2.23. The Bertz CT molecular complexity index is 2560. The van der Waals surface area contributed by atoms with Crippen LogP contribution in [0.1, 0.15) is 72.5 Å². The number of hydrogen-bond donors (Lipinski definition) is 0. The Morgan fingerprint density at radius 1 is 0.881 bits per heavy atom.